The fraction of sp³-hybridized carbons (Fsp3) is 0.0909. The average molecular weight is 216 g/mol. The Kier molecular flexibility index (Phi) is 2.59. The van der Waals surface area contributed by atoms with Crippen LogP contribution in [0, 0.1) is 6.92 Å². The molecule has 0 atom stereocenters. The van der Waals surface area contributed by atoms with E-state index in [-0.39, 0.29) is 5.84 Å². The highest BCUT2D eigenvalue weighted by Crippen LogP contribution is 2.20. The molecule has 0 radical (unpaired) electrons. The van der Waals surface area contributed by atoms with Gasteiger partial charge in [0.2, 0.25) is 0 Å². The number of aryl methyl sites for hydroxylation is 1. The maximum atomic E-state index is 5.51. The summed E-state index contributed by atoms with van der Waals surface area (Å²) in [6.07, 6.45) is 0. The highest BCUT2D eigenvalue weighted by atomic mass is 16.5. The number of nitrogens with zero attached hydrogens (tertiary/aromatic N) is 2. The molecule has 4 N–H and O–H groups in total. The molecule has 0 bridgehead atoms. The van der Waals surface area contributed by atoms with Crippen molar-refractivity contribution in [3.05, 3.63) is 41.6 Å². The predicted octanol–water partition coefficient (Wildman–Crippen LogP) is 1.23. The molecule has 16 heavy (non-hydrogen) atoms. The van der Waals surface area contributed by atoms with Gasteiger partial charge in [0.15, 0.2) is 17.3 Å². The first-order valence-corrected chi connectivity index (χ1v) is 4.78. The van der Waals surface area contributed by atoms with Crippen molar-refractivity contribution in [3.8, 4) is 11.3 Å². The van der Waals surface area contributed by atoms with Crippen molar-refractivity contribution in [2.24, 2.45) is 16.7 Å². The molecular weight excluding hydrogens is 204 g/mol. The quantitative estimate of drug-likeness (QED) is 0.342. The SMILES string of the molecule is Cc1ccc(-c2cc(C(N)=NN)no2)cc1. The second-order valence-corrected chi connectivity index (χ2v) is 3.46. The predicted molar refractivity (Wildman–Crippen MR) is 61.6 cm³/mol. The maximum absolute atomic E-state index is 5.51. The van der Waals surface area contributed by atoms with Gasteiger partial charge in [0.25, 0.3) is 0 Å². The number of amidine groups is 1. The van der Waals surface area contributed by atoms with E-state index in [2.05, 4.69) is 10.3 Å². The highest BCUT2D eigenvalue weighted by Gasteiger charge is 2.08. The summed E-state index contributed by atoms with van der Waals surface area (Å²) < 4.78 is 5.15. The van der Waals surface area contributed by atoms with Gasteiger partial charge in [0, 0.05) is 11.6 Å². The second-order valence-electron chi connectivity index (χ2n) is 3.46. The second kappa shape index (κ2) is 4.06. The van der Waals surface area contributed by atoms with Crippen LogP contribution in [0.15, 0.2) is 40.0 Å². The molecule has 1 aromatic heterocycles. The number of nitrogens with two attached hydrogens (primary N) is 2. The molecule has 0 saturated heterocycles. The van der Waals surface area contributed by atoms with Crippen LogP contribution in [0.4, 0.5) is 0 Å². The van der Waals surface area contributed by atoms with Gasteiger partial charge in [-0.2, -0.15) is 5.10 Å². The average Bonchev–Trinajstić information content (AvgIpc) is 2.78. The lowest BCUT2D eigenvalue weighted by Crippen LogP contribution is -2.15. The van der Waals surface area contributed by atoms with Crippen LogP contribution in [0.1, 0.15) is 11.3 Å². The topological polar surface area (TPSA) is 90.4 Å². The summed E-state index contributed by atoms with van der Waals surface area (Å²) in [4.78, 5) is 0. The Bertz CT molecular complexity index is 513. The minimum atomic E-state index is 0.155. The molecule has 5 heteroatoms. The van der Waals surface area contributed by atoms with Gasteiger partial charge in [0.05, 0.1) is 0 Å². The fourth-order valence-corrected chi connectivity index (χ4v) is 1.32. The molecule has 0 aliphatic rings. The molecule has 1 heterocycles. The highest BCUT2D eigenvalue weighted by molar-refractivity contribution is 5.96. The van der Waals surface area contributed by atoms with Gasteiger partial charge >= 0.3 is 0 Å². The van der Waals surface area contributed by atoms with Crippen molar-refractivity contribution in [2.45, 2.75) is 6.92 Å². The molecule has 0 aliphatic carbocycles. The van der Waals surface area contributed by atoms with Crippen molar-refractivity contribution < 1.29 is 4.52 Å². The van der Waals surface area contributed by atoms with E-state index < -0.39 is 0 Å². The van der Waals surface area contributed by atoms with Gasteiger partial charge < -0.3 is 16.1 Å². The van der Waals surface area contributed by atoms with Gasteiger partial charge in [-0.25, -0.2) is 0 Å². The Morgan fingerprint density at radius 3 is 2.62 bits per heavy atom. The molecule has 5 nitrogen and oxygen atoms in total. The molecule has 0 aliphatic heterocycles. The first-order valence-electron chi connectivity index (χ1n) is 4.78. The number of rotatable bonds is 2. The van der Waals surface area contributed by atoms with Gasteiger partial charge in [-0.1, -0.05) is 35.0 Å². The lowest BCUT2D eigenvalue weighted by atomic mass is 10.1. The van der Waals surface area contributed by atoms with Crippen molar-refractivity contribution in [3.63, 3.8) is 0 Å². The summed E-state index contributed by atoms with van der Waals surface area (Å²) >= 11 is 0. The van der Waals surface area contributed by atoms with Crippen LogP contribution in [0.5, 0.6) is 0 Å². The van der Waals surface area contributed by atoms with E-state index in [0.717, 1.165) is 5.56 Å². The molecular formula is C11H12N4O. The summed E-state index contributed by atoms with van der Waals surface area (Å²) in [6.45, 7) is 2.02. The third-order valence-electron chi connectivity index (χ3n) is 2.25. The fourth-order valence-electron chi connectivity index (χ4n) is 1.32. The van der Waals surface area contributed by atoms with Gasteiger partial charge in [0.1, 0.15) is 0 Å². The Balaban J connectivity index is 2.35. The van der Waals surface area contributed by atoms with Crippen molar-refractivity contribution >= 4 is 5.84 Å². The lowest BCUT2D eigenvalue weighted by molar-refractivity contribution is 0.430. The first-order chi connectivity index (χ1) is 7.70. The minimum Gasteiger partial charge on any atom is -0.380 e. The minimum absolute atomic E-state index is 0.155. The molecule has 82 valence electrons. The van der Waals surface area contributed by atoms with Crippen molar-refractivity contribution in [1.82, 2.24) is 5.16 Å². The molecule has 1 aromatic carbocycles. The Labute approximate surface area is 92.7 Å². The van der Waals surface area contributed by atoms with Gasteiger partial charge in [-0.3, -0.25) is 0 Å². The van der Waals surface area contributed by atoms with E-state index in [1.807, 2.05) is 31.2 Å². The van der Waals surface area contributed by atoms with Crippen molar-refractivity contribution in [2.75, 3.05) is 0 Å². The van der Waals surface area contributed by atoms with Gasteiger partial charge in [-0.05, 0) is 6.92 Å². The van der Waals surface area contributed by atoms with Crippen LogP contribution in [0.2, 0.25) is 0 Å². The van der Waals surface area contributed by atoms with E-state index in [0.29, 0.717) is 11.5 Å². The molecule has 0 amide bonds. The van der Waals surface area contributed by atoms with Gasteiger partial charge in [-0.15, -0.1) is 0 Å². The molecule has 0 spiro atoms. The van der Waals surface area contributed by atoms with Crippen molar-refractivity contribution in [1.29, 1.82) is 0 Å². The van der Waals surface area contributed by atoms with E-state index in [9.17, 15) is 0 Å². The van der Waals surface area contributed by atoms with E-state index >= 15 is 0 Å². The number of hydrogen-bond acceptors (Lipinski definition) is 4. The zero-order valence-electron chi connectivity index (χ0n) is 8.84. The summed E-state index contributed by atoms with van der Waals surface area (Å²) in [5, 5.41) is 7.13. The molecule has 2 rings (SSSR count). The normalized spacial score (nSPS) is 11.7. The van der Waals surface area contributed by atoms with Crippen LogP contribution in [0.3, 0.4) is 0 Å². The molecule has 2 aromatic rings. The third-order valence-corrected chi connectivity index (χ3v) is 2.25. The Morgan fingerprint density at radius 2 is 2.00 bits per heavy atom. The number of hydrogen-bond donors (Lipinski definition) is 2. The number of benzene rings is 1. The summed E-state index contributed by atoms with van der Waals surface area (Å²) in [7, 11) is 0. The summed E-state index contributed by atoms with van der Waals surface area (Å²) in [5.74, 6) is 5.85. The van der Waals surface area contributed by atoms with Crippen LogP contribution in [-0.2, 0) is 0 Å². The monoisotopic (exact) mass is 216 g/mol. The molecule has 0 unspecified atom stereocenters. The Hall–Kier alpha value is -2.30. The molecule has 0 fully saturated rings. The van der Waals surface area contributed by atoms with E-state index in [1.165, 1.54) is 5.56 Å². The zero-order valence-corrected chi connectivity index (χ0v) is 8.84. The lowest BCUT2D eigenvalue weighted by Gasteiger charge is -1.95. The standard InChI is InChI=1S/C11H12N4O/c1-7-2-4-8(5-3-7)10-6-9(15-16-10)11(12)14-13/h2-6H,13H2,1H3,(H2,12,14). The third kappa shape index (κ3) is 1.88. The Morgan fingerprint density at radius 1 is 1.31 bits per heavy atom. The number of hydrazone groups is 1. The first kappa shape index (κ1) is 10.2. The van der Waals surface area contributed by atoms with E-state index in [1.54, 1.807) is 6.07 Å². The van der Waals surface area contributed by atoms with Crippen LogP contribution in [0.25, 0.3) is 11.3 Å². The summed E-state index contributed by atoms with van der Waals surface area (Å²) in [6, 6.07) is 9.61. The number of aromatic nitrogens is 1. The van der Waals surface area contributed by atoms with Crippen LogP contribution < -0.4 is 11.6 Å². The van der Waals surface area contributed by atoms with Crippen LogP contribution >= 0.6 is 0 Å². The smallest absolute Gasteiger partial charge is 0.172 e. The van der Waals surface area contributed by atoms with E-state index in [4.69, 9.17) is 16.1 Å². The maximum Gasteiger partial charge on any atom is 0.172 e. The van der Waals surface area contributed by atoms with Crippen LogP contribution in [-0.4, -0.2) is 11.0 Å². The molecule has 0 saturated carbocycles. The largest absolute Gasteiger partial charge is 0.380 e. The summed E-state index contributed by atoms with van der Waals surface area (Å²) in [5.41, 5.74) is 8.08. The zero-order chi connectivity index (χ0) is 11.5.